The quantitative estimate of drug-likeness (QED) is 0.317. The molecule has 0 aliphatic rings. The number of rotatable bonds is 5. The highest BCUT2D eigenvalue weighted by Crippen LogP contribution is 2.21. The normalized spacial score (nSPS) is 15.9. The van der Waals surface area contributed by atoms with Gasteiger partial charge >= 0.3 is 0 Å². The Bertz CT molecular complexity index is 398. The van der Waals surface area contributed by atoms with Crippen molar-refractivity contribution in [2.24, 2.45) is 16.8 Å². The first-order valence-electron chi connectivity index (χ1n) is 5.73. The van der Waals surface area contributed by atoms with Crippen LogP contribution in [0.15, 0.2) is 15.6 Å². The molecule has 5 heteroatoms. The van der Waals surface area contributed by atoms with Crippen LogP contribution in [0.5, 0.6) is 0 Å². The molecule has 0 fully saturated rings. The third-order valence-corrected chi connectivity index (χ3v) is 2.90. The monoisotopic (exact) mass is 239 g/mol. The average molecular weight is 239 g/mol. The minimum absolute atomic E-state index is 0.00393. The highest BCUT2D eigenvalue weighted by molar-refractivity contribution is 5.82. The fraction of sp³-hybridized carbons (Fsp3) is 0.583. The van der Waals surface area contributed by atoms with Crippen molar-refractivity contribution >= 4 is 5.84 Å². The predicted octanol–water partition coefficient (Wildman–Crippen LogP) is 1.93. The summed E-state index contributed by atoms with van der Waals surface area (Å²) in [6, 6.07) is 2.21. The molecule has 0 saturated heterocycles. The minimum atomic E-state index is -0.00393. The predicted molar refractivity (Wildman–Crippen MR) is 67.2 cm³/mol. The zero-order valence-corrected chi connectivity index (χ0v) is 10.8. The van der Waals surface area contributed by atoms with Gasteiger partial charge in [-0.15, -0.1) is 0 Å². The Kier molecular flexibility index (Phi) is 4.57. The van der Waals surface area contributed by atoms with Crippen LogP contribution in [0.4, 0.5) is 0 Å². The second-order valence-corrected chi connectivity index (χ2v) is 4.42. The number of aryl methyl sites for hydroxylation is 2. The molecule has 0 bridgehead atoms. The zero-order valence-electron chi connectivity index (χ0n) is 10.8. The molecule has 5 nitrogen and oxygen atoms in total. The van der Waals surface area contributed by atoms with Gasteiger partial charge in [0, 0.05) is 24.1 Å². The number of amidine groups is 1. The Morgan fingerprint density at radius 1 is 1.53 bits per heavy atom. The second kappa shape index (κ2) is 5.72. The summed E-state index contributed by atoms with van der Waals surface area (Å²) in [5.74, 6) is 2.08. The maximum absolute atomic E-state index is 8.56. The van der Waals surface area contributed by atoms with E-state index in [-0.39, 0.29) is 17.8 Å². The van der Waals surface area contributed by atoms with E-state index in [1.807, 2.05) is 26.8 Å². The van der Waals surface area contributed by atoms with Gasteiger partial charge in [0.25, 0.3) is 0 Å². The second-order valence-electron chi connectivity index (χ2n) is 4.42. The Labute approximate surface area is 102 Å². The summed E-state index contributed by atoms with van der Waals surface area (Å²) in [6.07, 6.45) is 0. The van der Waals surface area contributed by atoms with Gasteiger partial charge in [0.1, 0.15) is 17.4 Å². The molecule has 0 aliphatic heterocycles. The number of furan rings is 1. The molecule has 0 radical (unpaired) electrons. The first-order chi connectivity index (χ1) is 7.95. The van der Waals surface area contributed by atoms with Gasteiger partial charge in [0.2, 0.25) is 0 Å². The van der Waals surface area contributed by atoms with Crippen LogP contribution in [0.3, 0.4) is 0 Å². The molecule has 96 valence electrons. The van der Waals surface area contributed by atoms with Gasteiger partial charge in [0.05, 0.1) is 0 Å². The Balaban J connectivity index is 2.56. The summed E-state index contributed by atoms with van der Waals surface area (Å²) in [7, 11) is 0. The lowest BCUT2D eigenvalue weighted by atomic mass is 10.1. The largest absolute Gasteiger partial charge is 0.466 e. The average Bonchev–Trinajstić information content (AvgIpc) is 2.63. The topological polar surface area (TPSA) is 83.8 Å². The molecule has 17 heavy (non-hydrogen) atoms. The summed E-state index contributed by atoms with van der Waals surface area (Å²) in [5.41, 5.74) is 6.66. The summed E-state index contributed by atoms with van der Waals surface area (Å²) >= 11 is 0. The SMILES string of the molecule is Cc1cc(C(C)NCC(C)/C(N)=N/O)c(C)o1. The van der Waals surface area contributed by atoms with Crippen molar-refractivity contribution in [1.82, 2.24) is 5.32 Å². The van der Waals surface area contributed by atoms with Crippen LogP contribution in [-0.4, -0.2) is 17.6 Å². The highest BCUT2D eigenvalue weighted by Gasteiger charge is 2.14. The van der Waals surface area contributed by atoms with Crippen LogP contribution in [0.2, 0.25) is 0 Å². The van der Waals surface area contributed by atoms with E-state index < -0.39 is 0 Å². The maximum atomic E-state index is 8.56. The number of hydrogen-bond acceptors (Lipinski definition) is 4. The molecule has 0 spiro atoms. The van der Waals surface area contributed by atoms with Crippen LogP contribution >= 0.6 is 0 Å². The highest BCUT2D eigenvalue weighted by atomic mass is 16.4. The van der Waals surface area contributed by atoms with Gasteiger partial charge in [-0.3, -0.25) is 0 Å². The Hall–Kier alpha value is -1.49. The van der Waals surface area contributed by atoms with E-state index in [4.69, 9.17) is 15.4 Å². The van der Waals surface area contributed by atoms with Crippen molar-refractivity contribution in [2.45, 2.75) is 33.7 Å². The van der Waals surface area contributed by atoms with Crippen molar-refractivity contribution < 1.29 is 9.62 Å². The minimum Gasteiger partial charge on any atom is -0.466 e. The lowest BCUT2D eigenvalue weighted by molar-refractivity contribution is 0.313. The summed E-state index contributed by atoms with van der Waals surface area (Å²) in [5, 5.41) is 14.9. The van der Waals surface area contributed by atoms with Crippen LogP contribution in [-0.2, 0) is 0 Å². The van der Waals surface area contributed by atoms with Crippen molar-refractivity contribution in [1.29, 1.82) is 0 Å². The fourth-order valence-electron chi connectivity index (χ4n) is 1.75. The van der Waals surface area contributed by atoms with E-state index in [2.05, 4.69) is 17.4 Å². The molecule has 2 unspecified atom stereocenters. The molecule has 1 rings (SSSR count). The number of nitrogens with one attached hydrogen (secondary N) is 1. The van der Waals surface area contributed by atoms with E-state index in [0.717, 1.165) is 17.1 Å². The van der Waals surface area contributed by atoms with E-state index in [0.29, 0.717) is 6.54 Å². The van der Waals surface area contributed by atoms with Crippen molar-refractivity contribution in [3.63, 3.8) is 0 Å². The number of nitrogens with zero attached hydrogens (tertiary/aromatic N) is 1. The molecule has 1 aromatic heterocycles. The van der Waals surface area contributed by atoms with Crippen LogP contribution in [0.1, 0.15) is 37.0 Å². The molecular weight excluding hydrogens is 218 g/mol. The van der Waals surface area contributed by atoms with Crippen LogP contribution in [0, 0.1) is 19.8 Å². The van der Waals surface area contributed by atoms with Crippen LogP contribution in [0.25, 0.3) is 0 Å². The van der Waals surface area contributed by atoms with E-state index in [1.54, 1.807) is 0 Å². The van der Waals surface area contributed by atoms with Crippen molar-refractivity contribution in [3.8, 4) is 0 Å². The number of nitrogens with two attached hydrogens (primary N) is 1. The van der Waals surface area contributed by atoms with Gasteiger partial charge in [-0.2, -0.15) is 0 Å². The first kappa shape index (κ1) is 13.6. The molecule has 4 N–H and O–H groups in total. The summed E-state index contributed by atoms with van der Waals surface area (Å²) in [4.78, 5) is 0. The molecular formula is C12H21N3O2. The Morgan fingerprint density at radius 3 is 2.65 bits per heavy atom. The standard InChI is InChI=1S/C12H21N3O2/c1-7(12(13)15-16)6-14-9(3)11-5-8(2)17-10(11)4/h5,7,9,14,16H,6H2,1-4H3,(H2,13,15). The number of hydrogen-bond donors (Lipinski definition) is 3. The third kappa shape index (κ3) is 3.49. The fourth-order valence-corrected chi connectivity index (χ4v) is 1.75. The zero-order chi connectivity index (χ0) is 13.0. The van der Waals surface area contributed by atoms with Gasteiger partial charge < -0.3 is 20.7 Å². The summed E-state index contributed by atoms with van der Waals surface area (Å²) in [6.45, 7) is 8.51. The molecule has 1 heterocycles. The lowest BCUT2D eigenvalue weighted by Crippen LogP contribution is -2.32. The van der Waals surface area contributed by atoms with E-state index in [1.165, 1.54) is 0 Å². The molecule has 0 amide bonds. The molecule has 0 aromatic carbocycles. The molecule has 2 atom stereocenters. The van der Waals surface area contributed by atoms with Gasteiger partial charge in [-0.05, 0) is 26.8 Å². The lowest BCUT2D eigenvalue weighted by Gasteiger charge is -2.16. The van der Waals surface area contributed by atoms with Crippen LogP contribution < -0.4 is 11.1 Å². The first-order valence-corrected chi connectivity index (χ1v) is 5.73. The van der Waals surface area contributed by atoms with Gasteiger partial charge in [-0.1, -0.05) is 12.1 Å². The Morgan fingerprint density at radius 2 is 2.18 bits per heavy atom. The van der Waals surface area contributed by atoms with E-state index >= 15 is 0 Å². The van der Waals surface area contributed by atoms with Gasteiger partial charge in [0.15, 0.2) is 0 Å². The van der Waals surface area contributed by atoms with E-state index in [9.17, 15) is 0 Å². The van der Waals surface area contributed by atoms with Gasteiger partial charge in [-0.25, -0.2) is 0 Å². The third-order valence-electron chi connectivity index (χ3n) is 2.90. The molecule has 1 aromatic rings. The van der Waals surface area contributed by atoms with Crippen molar-refractivity contribution in [3.05, 3.63) is 23.2 Å². The maximum Gasteiger partial charge on any atom is 0.143 e. The smallest absolute Gasteiger partial charge is 0.143 e. The summed E-state index contributed by atoms with van der Waals surface area (Å²) < 4.78 is 5.48. The molecule has 0 aliphatic carbocycles. The van der Waals surface area contributed by atoms with Crippen molar-refractivity contribution in [2.75, 3.05) is 6.54 Å². The number of oxime groups is 1. The molecule has 0 saturated carbocycles.